The van der Waals surface area contributed by atoms with E-state index in [2.05, 4.69) is 17.3 Å². The molecule has 0 saturated carbocycles. The van der Waals surface area contributed by atoms with Crippen molar-refractivity contribution in [2.24, 2.45) is 5.92 Å². The van der Waals surface area contributed by atoms with Crippen LogP contribution in [-0.2, 0) is 22.4 Å². The second kappa shape index (κ2) is 15.3. The van der Waals surface area contributed by atoms with Gasteiger partial charge in [-0.25, -0.2) is 0 Å². The van der Waals surface area contributed by atoms with Crippen molar-refractivity contribution in [1.29, 1.82) is 0 Å². The van der Waals surface area contributed by atoms with Crippen molar-refractivity contribution in [1.82, 2.24) is 15.1 Å². The Kier molecular flexibility index (Phi) is 11.0. The van der Waals surface area contributed by atoms with Crippen LogP contribution in [0.3, 0.4) is 0 Å². The average molecular weight is 622 g/mol. The second-order valence-corrected chi connectivity index (χ2v) is 11.9. The maximum Gasteiger partial charge on any atom is 0.258 e. The molecule has 0 bridgehead atoms. The smallest absolute Gasteiger partial charge is 0.258 e. The molecular formula is C34H40ClN3O6. The lowest BCUT2D eigenvalue weighted by Gasteiger charge is -2.35. The summed E-state index contributed by atoms with van der Waals surface area (Å²) in [7, 11) is 2.06. The Labute approximate surface area is 263 Å². The molecule has 10 heteroatoms. The third-order valence-electron chi connectivity index (χ3n) is 8.17. The number of piperidine rings is 1. The van der Waals surface area contributed by atoms with Crippen LogP contribution in [-0.4, -0.2) is 85.5 Å². The number of halogens is 1. The summed E-state index contributed by atoms with van der Waals surface area (Å²) >= 11 is 6.04. The largest absolute Gasteiger partial charge is 0.484 e. The molecule has 2 N–H and O–H groups in total. The first-order valence-electron chi connectivity index (χ1n) is 15.1. The first kappa shape index (κ1) is 31.6. The van der Waals surface area contributed by atoms with Gasteiger partial charge in [0.1, 0.15) is 5.75 Å². The Morgan fingerprint density at radius 3 is 2.57 bits per heavy atom. The van der Waals surface area contributed by atoms with Crippen LogP contribution in [0.4, 0.5) is 0 Å². The molecule has 0 aliphatic carbocycles. The van der Waals surface area contributed by atoms with Crippen molar-refractivity contribution >= 4 is 23.4 Å². The summed E-state index contributed by atoms with van der Waals surface area (Å²) < 4.78 is 16.6. The number of nitrogens with one attached hydrogen (secondary N) is 1. The van der Waals surface area contributed by atoms with E-state index in [0.29, 0.717) is 41.7 Å². The van der Waals surface area contributed by atoms with E-state index in [1.807, 2.05) is 48.5 Å². The predicted octanol–water partition coefficient (Wildman–Crippen LogP) is 3.95. The number of aliphatic hydroxyl groups excluding tert-OH is 1. The normalized spacial score (nSPS) is 16.2. The van der Waals surface area contributed by atoms with E-state index in [-0.39, 0.29) is 37.7 Å². The Morgan fingerprint density at radius 2 is 1.80 bits per heavy atom. The Bertz CT molecular complexity index is 1400. The van der Waals surface area contributed by atoms with Crippen molar-refractivity contribution in [3.05, 3.63) is 88.9 Å². The Hall–Kier alpha value is -3.79. The fraction of sp³-hybridized carbons (Fsp3) is 0.412. The zero-order valence-corrected chi connectivity index (χ0v) is 25.7. The molecule has 234 valence electrons. The highest BCUT2D eigenvalue weighted by molar-refractivity contribution is 6.30. The lowest BCUT2D eigenvalue weighted by Crippen LogP contribution is -2.53. The molecule has 2 heterocycles. The van der Waals surface area contributed by atoms with Crippen molar-refractivity contribution < 1.29 is 28.9 Å². The van der Waals surface area contributed by atoms with Gasteiger partial charge >= 0.3 is 0 Å². The van der Waals surface area contributed by atoms with Gasteiger partial charge in [-0.3, -0.25) is 9.59 Å². The molecule has 2 aliphatic heterocycles. The third kappa shape index (κ3) is 8.87. The van der Waals surface area contributed by atoms with Crippen molar-refractivity contribution in [2.45, 2.75) is 37.8 Å². The second-order valence-electron chi connectivity index (χ2n) is 11.5. The van der Waals surface area contributed by atoms with Crippen LogP contribution in [0.25, 0.3) is 0 Å². The van der Waals surface area contributed by atoms with Crippen molar-refractivity contribution in [3.8, 4) is 17.2 Å². The van der Waals surface area contributed by atoms with Crippen molar-refractivity contribution in [2.75, 3.05) is 46.6 Å². The number of rotatable bonds is 13. The minimum absolute atomic E-state index is 0.0342. The van der Waals surface area contributed by atoms with E-state index < -0.39 is 12.1 Å². The van der Waals surface area contributed by atoms with Crippen molar-refractivity contribution in [3.63, 3.8) is 0 Å². The summed E-state index contributed by atoms with van der Waals surface area (Å²) in [6.45, 7) is 2.18. The number of likely N-dealkylation sites (tertiary alicyclic amines) is 1. The molecule has 0 radical (unpaired) electrons. The molecule has 1 fully saturated rings. The number of carbonyl (C=O) groups is 2. The number of hydrogen-bond acceptors (Lipinski definition) is 7. The maximum atomic E-state index is 13.9. The molecule has 2 atom stereocenters. The molecule has 44 heavy (non-hydrogen) atoms. The number of nitrogens with zero attached hydrogens (tertiary/aromatic N) is 2. The van der Waals surface area contributed by atoms with Gasteiger partial charge in [-0.05, 0) is 87.3 Å². The summed E-state index contributed by atoms with van der Waals surface area (Å²) in [5.74, 6) is 1.43. The topological polar surface area (TPSA) is 101 Å². The van der Waals surface area contributed by atoms with Crippen LogP contribution in [0.15, 0.2) is 72.8 Å². The third-order valence-corrected chi connectivity index (χ3v) is 8.40. The van der Waals surface area contributed by atoms with Crippen LogP contribution in [0.1, 0.15) is 24.0 Å². The van der Waals surface area contributed by atoms with Gasteiger partial charge in [0.25, 0.3) is 5.91 Å². The lowest BCUT2D eigenvalue weighted by molar-refractivity contribution is -0.138. The van der Waals surface area contributed by atoms with Gasteiger partial charge in [-0.2, -0.15) is 0 Å². The van der Waals surface area contributed by atoms with Crippen LogP contribution in [0, 0.1) is 5.92 Å². The zero-order valence-electron chi connectivity index (χ0n) is 25.0. The first-order valence-corrected chi connectivity index (χ1v) is 15.5. The van der Waals surface area contributed by atoms with E-state index in [4.69, 9.17) is 25.8 Å². The summed E-state index contributed by atoms with van der Waals surface area (Å²) in [4.78, 5) is 30.9. The minimum atomic E-state index is -1.02. The summed E-state index contributed by atoms with van der Waals surface area (Å²) in [6, 6.07) is 21.7. The van der Waals surface area contributed by atoms with E-state index in [1.165, 1.54) is 0 Å². The zero-order chi connectivity index (χ0) is 30.9. The van der Waals surface area contributed by atoms with Gasteiger partial charge in [0.2, 0.25) is 12.7 Å². The van der Waals surface area contributed by atoms with E-state index in [9.17, 15) is 14.7 Å². The van der Waals surface area contributed by atoms with Gasteiger partial charge < -0.3 is 34.4 Å². The van der Waals surface area contributed by atoms with Gasteiger partial charge in [0.05, 0.1) is 12.1 Å². The van der Waals surface area contributed by atoms with Crippen LogP contribution < -0.4 is 19.5 Å². The fourth-order valence-corrected chi connectivity index (χ4v) is 5.80. The van der Waals surface area contributed by atoms with E-state index in [1.54, 1.807) is 29.2 Å². The molecule has 3 aromatic rings. The number of amides is 2. The molecule has 1 saturated heterocycles. The van der Waals surface area contributed by atoms with Crippen LogP contribution >= 0.6 is 11.6 Å². The molecule has 2 aliphatic rings. The van der Waals surface area contributed by atoms with E-state index in [0.717, 1.165) is 37.1 Å². The summed E-state index contributed by atoms with van der Waals surface area (Å²) in [5, 5.41) is 15.1. The monoisotopic (exact) mass is 621 g/mol. The molecule has 3 aromatic carbocycles. The Balaban J connectivity index is 1.29. The minimum Gasteiger partial charge on any atom is -0.484 e. The van der Waals surface area contributed by atoms with E-state index >= 15 is 0 Å². The summed E-state index contributed by atoms with van der Waals surface area (Å²) in [5.41, 5.74) is 1.97. The number of ether oxygens (including phenoxy) is 3. The highest BCUT2D eigenvalue weighted by Crippen LogP contribution is 2.32. The predicted molar refractivity (Wildman–Crippen MR) is 168 cm³/mol. The number of fused-ring (bicyclic) bond motifs is 1. The van der Waals surface area contributed by atoms with Crippen LogP contribution in [0.5, 0.6) is 17.2 Å². The number of hydrogen-bond donors (Lipinski definition) is 2. The number of aliphatic hydroxyl groups is 1. The standard InChI is InChI=1S/C34H40ClN3O6/c1-37-15-13-26(14-16-37)34(41)38(17-12-25-10-11-31-32(19-25)44-23-43-31)21-30(39)29(18-24-6-3-2-4-7-24)36-33(40)22-42-28-9-5-8-27(35)20-28/h2-11,19-20,26,29-30,39H,12-18,21-23H2,1H3,(H,36,40)/t29-,30-/m0/s1. The molecule has 9 nitrogen and oxygen atoms in total. The molecule has 5 rings (SSSR count). The molecule has 0 unspecified atom stereocenters. The van der Waals surface area contributed by atoms with Gasteiger partial charge in [0, 0.05) is 24.0 Å². The maximum absolute atomic E-state index is 13.9. The quantitative estimate of drug-likeness (QED) is 0.298. The van der Waals surface area contributed by atoms with Gasteiger partial charge in [0.15, 0.2) is 18.1 Å². The molecule has 2 amide bonds. The SMILES string of the molecule is CN1CCC(C(=O)N(CCc2ccc3c(c2)OCO3)C[C@H](O)[C@H](Cc2ccccc2)NC(=O)COc2cccc(Cl)c2)CC1. The van der Waals surface area contributed by atoms with Gasteiger partial charge in [-0.1, -0.05) is 54.1 Å². The number of carbonyl (C=O) groups excluding carboxylic acids is 2. The van der Waals surface area contributed by atoms with Crippen LogP contribution in [0.2, 0.25) is 5.02 Å². The Morgan fingerprint density at radius 1 is 1.02 bits per heavy atom. The highest BCUT2D eigenvalue weighted by Gasteiger charge is 2.31. The molecular weight excluding hydrogens is 582 g/mol. The lowest BCUT2D eigenvalue weighted by atomic mass is 9.94. The average Bonchev–Trinajstić information content (AvgIpc) is 3.50. The molecule has 0 spiro atoms. The first-order chi connectivity index (χ1) is 21.3. The summed E-state index contributed by atoms with van der Waals surface area (Å²) in [6.07, 6.45) is 1.51. The number of benzene rings is 3. The highest BCUT2D eigenvalue weighted by atomic mass is 35.5. The molecule has 0 aromatic heterocycles. The fourth-order valence-electron chi connectivity index (χ4n) is 5.62. The van der Waals surface area contributed by atoms with Gasteiger partial charge in [-0.15, -0.1) is 0 Å².